The van der Waals surface area contributed by atoms with Gasteiger partial charge in [-0.2, -0.15) is 4.98 Å². The summed E-state index contributed by atoms with van der Waals surface area (Å²) in [5.74, 6) is 0.0201. The zero-order chi connectivity index (χ0) is 18.1. The van der Waals surface area contributed by atoms with E-state index in [0.29, 0.717) is 34.8 Å². The second-order valence-electron chi connectivity index (χ2n) is 6.24. The van der Waals surface area contributed by atoms with E-state index in [-0.39, 0.29) is 24.2 Å². The highest BCUT2D eigenvalue weighted by atomic mass is 35.5. The van der Waals surface area contributed by atoms with Gasteiger partial charge in [0.25, 0.3) is 0 Å². The van der Waals surface area contributed by atoms with Gasteiger partial charge in [0.2, 0.25) is 17.6 Å². The Morgan fingerprint density at radius 3 is 2.65 bits per heavy atom. The molecule has 7 heteroatoms. The van der Waals surface area contributed by atoms with E-state index < -0.39 is 5.41 Å². The number of carbonyl (C=O) groups is 1. The SMILES string of the molecule is O=C(NCc1nc(-c2ccccc2Cl)no1)C1(c2ccccc2F)CC1. The first-order valence-corrected chi connectivity index (χ1v) is 8.59. The van der Waals surface area contributed by atoms with E-state index in [1.807, 2.05) is 12.1 Å². The van der Waals surface area contributed by atoms with Crippen molar-refractivity contribution >= 4 is 17.5 Å². The number of nitrogens with one attached hydrogen (secondary N) is 1. The number of hydrogen-bond acceptors (Lipinski definition) is 4. The molecule has 1 fully saturated rings. The molecule has 0 bridgehead atoms. The predicted octanol–water partition coefficient (Wildman–Crippen LogP) is 3.88. The summed E-state index contributed by atoms with van der Waals surface area (Å²) < 4.78 is 19.2. The van der Waals surface area contributed by atoms with Gasteiger partial charge in [0.05, 0.1) is 17.0 Å². The van der Waals surface area contributed by atoms with Crippen LogP contribution < -0.4 is 5.32 Å². The molecule has 3 aromatic rings. The minimum absolute atomic E-state index is 0.0759. The van der Waals surface area contributed by atoms with Gasteiger partial charge in [0, 0.05) is 11.1 Å². The van der Waals surface area contributed by atoms with Gasteiger partial charge >= 0.3 is 0 Å². The van der Waals surface area contributed by atoms with Crippen LogP contribution >= 0.6 is 11.6 Å². The van der Waals surface area contributed by atoms with E-state index >= 15 is 0 Å². The summed E-state index contributed by atoms with van der Waals surface area (Å²) in [6, 6.07) is 13.5. The molecule has 0 unspecified atom stereocenters. The minimum Gasteiger partial charge on any atom is -0.346 e. The lowest BCUT2D eigenvalue weighted by molar-refractivity contribution is -0.123. The summed E-state index contributed by atoms with van der Waals surface area (Å²) in [7, 11) is 0. The zero-order valence-electron chi connectivity index (χ0n) is 13.7. The molecule has 5 nitrogen and oxygen atoms in total. The van der Waals surface area contributed by atoms with Gasteiger partial charge in [-0.05, 0) is 31.0 Å². The topological polar surface area (TPSA) is 68.0 Å². The van der Waals surface area contributed by atoms with Crippen LogP contribution in [0.5, 0.6) is 0 Å². The molecule has 26 heavy (non-hydrogen) atoms. The molecular weight excluding hydrogens is 357 g/mol. The number of hydrogen-bond donors (Lipinski definition) is 1. The number of amides is 1. The Labute approximate surface area is 154 Å². The van der Waals surface area contributed by atoms with Crippen molar-refractivity contribution in [3.05, 3.63) is 70.8 Å². The summed E-state index contributed by atoms with van der Waals surface area (Å²) in [6.45, 7) is 0.0759. The molecule has 1 aromatic heterocycles. The third-order valence-corrected chi connectivity index (χ3v) is 4.89. The summed E-state index contributed by atoms with van der Waals surface area (Å²) in [5, 5.41) is 7.18. The van der Waals surface area contributed by atoms with E-state index in [9.17, 15) is 9.18 Å². The number of benzene rings is 2. The predicted molar refractivity (Wildman–Crippen MR) is 93.9 cm³/mol. The third-order valence-electron chi connectivity index (χ3n) is 4.56. The van der Waals surface area contributed by atoms with E-state index in [1.54, 1.807) is 30.3 Å². The van der Waals surface area contributed by atoms with E-state index in [0.717, 1.165) is 0 Å². The molecule has 4 rings (SSSR count). The Hall–Kier alpha value is -2.73. The second kappa shape index (κ2) is 6.53. The van der Waals surface area contributed by atoms with Crippen molar-refractivity contribution in [2.75, 3.05) is 0 Å². The monoisotopic (exact) mass is 371 g/mol. The molecule has 0 spiro atoms. The summed E-state index contributed by atoms with van der Waals surface area (Å²) in [6.07, 6.45) is 1.24. The van der Waals surface area contributed by atoms with Crippen molar-refractivity contribution in [3.8, 4) is 11.4 Å². The number of halogens is 2. The maximum atomic E-state index is 14.0. The second-order valence-corrected chi connectivity index (χ2v) is 6.64. The first-order chi connectivity index (χ1) is 12.6. The van der Waals surface area contributed by atoms with Crippen LogP contribution in [-0.4, -0.2) is 16.0 Å². The van der Waals surface area contributed by atoms with Gasteiger partial charge in [-0.25, -0.2) is 4.39 Å². The number of aromatic nitrogens is 2. The van der Waals surface area contributed by atoms with Gasteiger partial charge in [-0.15, -0.1) is 0 Å². The molecule has 132 valence electrons. The van der Waals surface area contributed by atoms with Crippen LogP contribution in [0.15, 0.2) is 53.1 Å². The fourth-order valence-electron chi connectivity index (χ4n) is 3.00. The minimum atomic E-state index is -0.795. The van der Waals surface area contributed by atoms with Gasteiger partial charge in [0.15, 0.2) is 0 Å². The van der Waals surface area contributed by atoms with E-state index in [2.05, 4.69) is 15.5 Å². The number of carbonyl (C=O) groups excluding carboxylic acids is 1. The lowest BCUT2D eigenvalue weighted by Crippen LogP contribution is -2.35. The Balaban J connectivity index is 1.46. The van der Waals surface area contributed by atoms with Crippen LogP contribution in [0.2, 0.25) is 5.02 Å². The first-order valence-electron chi connectivity index (χ1n) is 8.21. The molecule has 1 aliphatic carbocycles. The summed E-state index contributed by atoms with van der Waals surface area (Å²) >= 11 is 6.12. The van der Waals surface area contributed by atoms with Crippen molar-refractivity contribution in [1.82, 2.24) is 15.5 Å². The largest absolute Gasteiger partial charge is 0.346 e. The van der Waals surface area contributed by atoms with Gasteiger partial charge in [-0.1, -0.05) is 47.1 Å². The quantitative estimate of drug-likeness (QED) is 0.739. The lowest BCUT2D eigenvalue weighted by Gasteiger charge is -2.15. The zero-order valence-corrected chi connectivity index (χ0v) is 14.5. The standard InChI is InChI=1S/C19H15ClFN3O2/c20-14-7-3-1-5-12(14)17-23-16(26-24-17)11-22-18(25)19(9-10-19)13-6-2-4-8-15(13)21/h1-8H,9-11H2,(H,22,25). The highest BCUT2D eigenvalue weighted by molar-refractivity contribution is 6.33. The van der Waals surface area contributed by atoms with Crippen LogP contribution in [0.4, 0.5) is 4.39 Å². The molecular formula is C19H15ClFN3O2. The fourth-order valence-corrected chi connectivity index (χ4v) is 3.22. The molecule has 1 saturated carbocycles. The van der Waals surface area contributed by atoms with Gasteiger partial charge in [0.1, 0.15) is 5.82 Å². The van der Waals surface area contributed by atoms with Crippen LogP contribution in [0, 0.1) is 5.82 Å². The number of rotatable bonds is 5. The molecule has 0 radical (unpaired) electrons. The molecule has 1 heterocycles. The Morgan fingerprint density at radius 1 is 1.19 bits per heavy atom. The van der Waals surface area contributed by atoms with Gasteiger partial charge in [-0.3, -0.25) is 4.79 Å². The average Bonchev–Trinajstić information content (AvgIpc) is 3.32. The van der Waals surface area contributed by atoms with Crippen molar-refractivity contribution < 1.29 is 13.7 Å². The summed E-state index contributed by atoms with van der Waals surface area (Å²) in [5.41, 5.74) is 0.289. The smallest absolute Gasteiger partial charge is 0.246 e. The first kappa shape index (κ1) is 16.7. The van der Waals surface area contributed by atoms with Crippen LogP contribution in [-0.2, 0) is 16.8 Å². The molecule has 0 saturated heterocycles. The highest BCUT2D eigenvalue weighted by Crippen LogP contribution is 2.49. The van der Waals surface area contributed by atoms with Crippen molar-refractivity contribution in [2.45, 2.75) is 24.8 Å². The molecule has 0 aliphatic heterocycles. The van der Waals surface area contributed by atoms with E-state index in [1.165, 1.54) is 6.07 Å². The maximum absolute atomic E-state index is 14.0. The fraction of sp³-hybridized carbons (Fsp3) is 0.211. The van der Waals surface area contributed by atoms with Crippen molar-refractivity contribution in [2.24, 2.45) is 0 Å². The van der Waals surface area contributed by atoms with Crippen molar-refractivity contribution in [1.29, 1.82) is 0 Å². The summed E-state index contributed by atoms with van der Waals surface area (Å²) in [4.78, 5) is 16.9. The lowest BCUT2D eigenvalue weighted by atomic mass is 9.94. The maximum Gasteiger partial charge on any atom is 0.246 e. The van der Waals surface area contributed by atoms with Gasteiger partial charge < -0.3 is 9.84 Å². The molecule has 1 aliphatic rings. The number of nitrogens with zero attached hydrogens (tertiary/aromatic N) is 2. The van der Waals surface area contributed by atoms with E-state index in [4.69, 9.17) is 16.1 Å². The molecule has 1 N–H and O–H groups in total. The molecule has 1 amide bonds. The highest BCUT2D eigenvalue weighted by Gasteiger charge is 2.52. The van der Waals surface area contributed by atoms with Crippen molar-refractivity contribution in [3.63, 3.8) is 0 Å². The third kappa shape index (κ3) is 2.97. The van der Waals surface area contributed by atoms with Crippen LogP contribution in [0.25, 0.3) is 11.4 Å². The van der Waals surface area contributed by atoms with Crippen LogP contribution in [0.1, 0.15) is 24.3 Å². The molecule has 0 atom stereocenters. The average molecular weight is 372 g/mol. The molecule has 2 aromatic carbocycles. The Morgan fingerprint density at radius 2 is 1.92 bits per heavy atom. The Bertz CT molecular complexity index is 969. The Kier molecular flexibility index (Phi) is 4.20. The normalized spacial score (nSPS) is 14.8. The van der Waals surface area contributed by atoms with Crippen LogP contribution in [0.3, 0.4) is 0 Å².